The number of β-amino-alcohol motifs (C(OH)–C–C–N with tert-alkyl or cyclic N) is 1. The number of hydrogen-bond donors (Lipinski definition) is 1. The molecule has 0 aromatic heterocycles. The van der Waals surface area contributed by atoms with Gasteiger partial charge in [-0.25, -0.2) is 0 Å². The van der Waals surface area contributed by atoms with Gasteiger partial charge < -0.3 is 14.9 Å². The van der Waals surface area contributed by atoms with Crippen molar-refractivity contribution in [2.45, 2.75) is 57.6 Å². The number of aliphatic hydroxyl groups excluding tert-OH is 1. The zero-order valence-electron chi connectivity index (χ0n) is 14.8. The second-order valence-electron chi connectivity index (χ2n) is 7.57. The third kappa shape index (κ3) is 3.91. The van der Waals surface area contributed by atoms with Gasteiger partial charge in [0.15, 0.2) is 0 Å². The van der Waals surface area contributed by atoms with Crippen LogP contribution in [0.3, 0.4) is 0 Å². The Kier molecular flexibility index (Phi) is 5.76. The minimum atomic E-state index is -0.278. The SMILES string of the molecule is CC[C@@H](O)CN1CCN(C(=O)[C@H]2CC(=O)N(C3CCCC3)C2)CC1. The fourth-order valence-electron chi connectivity index (χ4n) is 4.30. The summed E-state index contributed by atoms with van der Waals surface area (Å²) in [6, 6.07) is 0.377. The van der Waals surface area contributed by atoms with E-state index in [1.54, 1.807) is 0 Å². The predicted molar refractivity (Wildman–Crippen MR) is 91.4 cm³/mol. The molecule has 6 nitrogen and oxygen atoms in total. The van der Waals surface area contributed by atoms with Gasteiger partial charge in [0.1, 0.15) is 0 Å². The summed E-state index contributed by atoms with van der Waals surface area (Å²) in [4.78, 5) is 31.2. The fourth-order valence-corrected chi connectivity index (χ4v) is 4.30. The molecule has 1 aliphatic carbocycles. The minimum absolute atomic E-state index is 0.147. The lowest BCUT2D eigenvalue weighted by Gasteiger charge is -2.36. The first kappa shape index (κ1) is 17.7. The highest BCUT2D eigenvalue weighted by Crippen LogP contribution is 2.30. The van der Waals surface area contributed by atoms with Crippen LogP contribution in [0.25, 0.3) is 0 Å². The first-order valence-electron chi connectivity index (χ1n) is 9.57. The summed E-state index contributed by atoms with van der Waals surface area (Å²) < 4.78 is 0. The Hall–Kier alpha value is -1.14. The van der Waals surface area contributed by atoms with Crippen molar-refractivity contribution in [3.8, 4) is 0 Å². The van der Waals surface area contributed by atoms with E-state index in [0.29, 0.717) is 38.6 Å². The van der Waals surface area contributed by atoms with Crippen molar-refractivity contribution in [1.29, 1.82) is 0 Å². The molecule has 0 bridgehead atoms. The molecule has 24 heavy (non-hydrogen) atoms. The minimum Gasteiger partial charge on any atom is -0.392 e. The third-order valence-corrected chi connectivity index (χ3v) is 5.90. The van der Waals surface area contributed by atoms with Crippen molar-refractivity contribution in [2.75, 3.05) is 39.3 Å². The van der Waals surface area contributed by atoms with Crippen LogP contribution in [0.15, 0.2) is 0 Å². The zero-order chi connectivity index (χ0) is 17.1. The molecular formula is C18H31N3O3. The first-order valence-corrected chi connectivity index (χ1v) is 9.57. The van der Waals surface area contributed by atoms with Gasteiger partial charge in [-0.3, -0.25) is 14.5 Å². The van der Waals surface area contributed by atoms with E-state index in [4.69, 9.17) is 0 Å². The van der Waals surface area contributed by atoms with E-state index in [-0.39, 0.29) is 23.8 Å². The van der Waals surface area contributed by atoms with E-state index in [1.807, 2.05) is 16.7 Å². The number of carbonyl (C=O) groups is 2. The van der Waals surface area contributed by atoms with Crippen LogP contribution in [0.2, 0.25) is 0 Å². The van der Waals surface area contributed by atoms with E-state index in [9.17, 15) is 14.7 Å². The van der Waals surface area contributed by atoms with Gasteiger partial charge in [-0.05, 0) is 19.3 Å². The van der Waals surface area contributed by atoms with E-state index < -0.39 is 0 Å². The van der Waals surface area contributed by atoms with Gasteiger partial charge in [-0.15, -0.1) is 0 Å². The number of amides is 2. The molecular weight excluding hydrogens is 306 g/mol. The smallest absolute Gasteiger partial charge is 0.228 e. The molecule has 6 heteroatoms. The van der Waals surface area contributed by atoms with Crippen molar-refractivity contribution in [3.05, 3.63) is 0 Å². The van der Waals surface area contributed by atoms with Crippen LogP contribution in [0.5, 0.6) is 0 Å². The summed E-state index contributed by atoms with van der Waals surface area (Å²) in [5.41, 5.74) is 0. The van der Waals surface area contributed by atoms with E-state index in [0.717, 1.165) is 32.4 Å². The van der Waals surface area contributed by atoms with E-state index in [2.05, 4.69) is 4.90 Å². The zero-order valence-corrected chi connectivity index (χ0v) is 14.8. The van der Waals surface area contributed by atoms with Gasteiger partial charge in [0.2, 0.25) is 11.8 Å². The second-order valence-corrected chi connectivity index (χ2v) is 7.57. The molecule has 1 saturated carbocycles. The molecule has 1 N–H and O–H groups in total. The van der Waals surface area contributed by atoms with Crippen molar-refractivity contribution in [3.63, 3.8) is 0 Å². The summed E-state index contributed by atoms with van der Waals surface area (Å²) in [6.07, 6.45) is 5.50. The predicted octanol–water partition coefficient (Wildman–Crippen LogP) is 0.693. The fraction of sp³-hybridized carbons (Fsp3) is 0.889. The number of nitrogens with zero attached hydrogens (tertiary/aromatic N) is 3. The average molecular weight is 337 g/mol. The lowest BCUT2D eigenvalue weighted by atomic mass is 10.1. The highest BCUT2D eigenvalue weighted by molar-refractivity contribution is 5.89. The highest BCUT2D eigenvalue weighted by Gasteiger charge is 2.40. The molecule has 0 unspecified atom stereocenters. The number of carbonyl (C=O) groups excluding carboxylic acids is 2. The lowest BCUT2D eigenvalue weighted by Crippen LogP contribution is -2.52. The number of piperazine rings is 1. The molecule has 3 rings (SSSR count). The van der Waals surface area contributed by atoms with Crippen molar-refractivity contribution >= 4 is 11.8 Å². The van der Waals surface area contributed by atoms with Crippen LogP contribution in [-0.2, 0) is 9.59 Å². The van der Waals surface area contributed by atoms with Crippen molar-refractivity contribution < 1.29 is 14.7 Å². The maximum atomic E-state index is 12.8. The van der Waals surface area contributed by atoms with Crippen LogP contribution in [-0.4, -0.2) is 83.0 Å². The van der Waals surface area contributed by atoms with Crippen LogP contribution in [0.1, 0.15) is 45.4 Å². The topological polar surface area (TPSA) is 64.1 Å². The van der Waals surface area contributed by atoms with E-state index >= 15 is 0 Å². The van der Waals surface area contributed by atoms with Gasteiger partial charge >= 0.3 is 0 Å². The van der Waals surface area contributed by atoms with Gasteiger partial charge in [0, 0.05) is 51.7 Å². The number of rotatable bonds is 5. The summed E-state index contributed by atoms with van der Waals surface area (Å²) >= 11 is 0. The molecule has 3 aliphatic rings. The highest BCUT2D eigenvalue weighted by atomic mass is 16.3. The second kappa shape index (κ2) is 7.83. The number of hydrogen-bond acceptors (Lipinski definition) is 4. The molecule has 2 heterocycles. The maximum Gasteiger partial charge on any atom is 0.228 e. The largest absolute Gasteiger partial charge is 0.392 e. The Morgan fingerprint density at radius 1 is 1.21 bits per heavy atom. The lowest BCUT2D eigenvalue weighted by molar-refractivity contribution is -0.137. The Bertz CT molecular complexity index is 456. The van der Waals surface area contributed by atoms with Gasteiger partial charge in [0.25, 0.3) is 0 Å². The maximum absolute atomic E-state index is 12.8. The molecule has 0 spiro atoms. The van der Waals surface area contributed by atoms with Crippen LogP contribution in [0.4, 0.5) is 0 Å². The Morgan fingerprint density at radius 2 is 1.88 bits per heavy atom. The summed E-state index contributed by atoms with van der Waals surface area (Å²) in [7, 11) is 0. The first-order chi connectivity index (χ1) is 11.6. The van der Waals surface area contributed by atoms with Crippen molar-refractivity contribution in [1.82, 2.24) is 14.7 Å². The standard InChI is InChI=1S/C18H31N3O3/c1-2-16(22)13-19-7-9-20(10-8-19)18(24)14-11-17(23)21(12-14)15-5-3-4-6-15/h14-16,22H,2-13H2,1H3/t14-,16+/m0/s1. The Labute approximate surface area is 144 Å². The number of likely N-dealkylation sites (tertiary alicyclic amines) is 1. The average Bonchev–Trinajstić information content (AvgIpc) is 3.24. The molecule has 2 saturated heterocycles. The normalized spacial score (nSPS) is 27.9. The number of aliphatic hydroxyl groups is 1. The molecule has 2 amide bonds. The van der Waals surface area contributed by atoms with Crippen LogP contribution < -0.4 is 0 Å². The van der Waals surface area contributed by atoms with Gasteiger partial charge in [-0.1, -0.05) is 19.8 Å². The Balaban J connectivity index is 1.48. The molecule has 3 fully saturated rings. The molecule has 0 aromatic rings. The quantitative estimate of drug-likeness (QED) is 0.802. The molecule has 2 aliphatic heterocycles. The van der Waals surface area contributed by atoms with Crippen molar-refractivity contribution in [2.24, 2.45) is 5.92 Å². The van der Waals surface area contributed by atoms with Gasteiger partial charge in [-0.2, -0.15) is 0 Å². The molecule has 0 aromatic carbocycles. The van der Waals surface area contributed by atoms with Crippen LogP contribution >= 0.6 is 0 Å². The third-order valence-electron chi connectivity index (χ3n) is 5.90. The van der Waals surface area contributed by atoms with Gasteiger partial charge in [0.05, 0.1) is 12.0 Å². The van der Waals surface area contributed by atoms with Crippen LogP contribution in [0, 0.1) is 5.92 Å². The summed E-state index contributed by atoms with van der Waals surface area (Å²) in [5.74, 6) is 0.176. The summed E-state index contributed by atoms with van der Waals surface area (Å²) in [6.45, 7) is 6.35. The van der Waals surface area contributed by atoms with E-state index in [1.165, 1.54) is 12.8 Å². The monoisotopic (exact) mass is 337 g/mol. The molecule has 136 valence electrons. The Morgan fingerprint density at radius 3 is 2.50 bits per heavy atom. The molecule has 0 radical (unpaired) electrons. The summed E-state index contributed by atoms with van der Waals surface area (Å²) in [5, 5.41) is 9.75. The molecule has 2 atom stereocenters.